The lowest BCUT2D eigenvalue weighted by atomic mass is 10.3. The number of rotatable bonds is 2. The highest BCUT2D eigenvalue weighted by Crippen LogP contribution is 2.25. The van der Waals surface area contributed by atoms with Crippen LogP contribution >= 0.6 is 39.5 Å². The number of hydrogen-bond donors (Lipinski definition) is 2. The van der Waals surface area contributed by atoms with Crippen LogP contribution in [0.1, 0.15) is 5.01 Å². The van der Waals surface area contributed by atoms with Crippen LogP contribution in [0.3, 0.4) is 0 Å². The summed E-state index contributed by atoms with van der Waals surface area (Å²) in [6.45, 7) is 2.01. The van der Waals surface area contributed by atoms with Gasteiger partial charge in [-0.1, -0.05) is 22.0 Å². The fourth-order valence-electron chi connectivity index (χ4n) is 1.98. The van der Waals surface area contributed by atoms with Crippen molar-refractivity contribution in [3.05, 3.63) is 51.9 Å². The molecule has 3 nitrogen and oxygen atoms in total. The van der Waals surface area contributed by atoms with Crippen LogP contribution in [0.2, 0.25) is 0 Å². The molecule has 1 aromatic heterocycles. The molecule has 0 amide bonds. The fraction of sp³-hybridized carbons (Fsp3) is 0.0667. The number of hydrogen-bond acceptors (Lipinski definition) is 3. The van der Waals surface area contributed by atoms with E-state index in [2.05, 4.69) is 37.6 Å². The molecule has 0 atom stereocenters. The average molecular weight is 378 g/mol. The minimum Gasteiger partial charge on any atom is -0.332 e. The van der Waals surface area contributed by atoms with Gasteiger partial charge in [0.2, 0.25) is 0 Å². The van der Waals surface area contributed by atoms with Gasteiger partial charge in [0.15, 0.2) is 5.11 Å². The van der Waals surface area contributed by atoms with Crippen molar-refractivity contribution in [1.82, 2.24) is 4.98 Å². The van der Waals surface area contributed by atoms with Crippen molar-refractivity contribution in [1.29, 1.82) is 0 Å². The number of thiocarbonyl (C=S) groups is 1. The second-order valence-electron chi connectivity index (χ2n) is 4.50. The van der Waals surface area contributed by atoms with Crippen molar-refractivity contribution in [3.63, 3.8) is 0 Å². The lowest BCUT2D eigenvalue weighted by Gasteiger charge is -2.10. The number of thiazole rings is 1. The zero-order chi connectivity index (χ0) is 14.8. The Morgan fingerprint density at radius 1 is 1.14 bits per heavy atom. The molecule has 2 N–H and O–H groups in total. The zero-order valence-electron chi connectivity index (χ0n) is 11.2. The molecule has 0 bridgehead atoms. The Morgan fingerprint density at radius 3 is 2.67 bits per heavy atom. The first-order valence-corrected chi connectivity index (χ1v) is 8.33. The van der Waals surface area contributed by atoms with Crippen molar-refractivity contribution >= 4 is 66.2 Å². The van der Waals surface area contributed by atoms with Crippen LogP contribution in [0.15, 0.2) is 46.9 Å². The molecule has 0 saturated carbocycles. The van der Waals surface area contributed by atoms with E-state index >= 15 is 0 Å². The molecule has 3 aromatic rings. The predicted molar refractivity (Wildman–Crippen MR) is 98.3 cm³/mol. The SMILES string of the molecule is Cc1nc2ccc(NC(=S)Nc3cccc(Br)c3)cc2s1. The van der Waals surface area contributed by atoms with Gasteiger partial charge in [-0.25, -0.2) is 4.98 Å². The van der Waals surface area contributed by atoms with Crippen LogP contribution in [0, 0.1) is 6.92 Å². The van der Waals surface area contributed by atoms with Crippen LogP contribution in [-0.2, 0) is 0 Å². The summed E-state index contributed by atoms with van der Waals surface area (Å²) in [6.07, 6.45) is 0. The molecule has 0 aliphatic heterocycles. The van der Waals surface area contributed by atoms with Gasteiger partial charge in [-0.15, -0.1) is 11.3 Å². The van der Waals surface area contributed by atoms with Gasteiger partial charge in [0, 0.05) is 15.8 Å². The molecule has 6 heteroatoms. The lowest BCUT2D eigenvalue weighted by Crippen LogP contribution is -2.18. The van der Waals surface area contributed by atoms with Gasteiger partial charge in [-0.05, 0) is 55.5 Å². The van der Waals surface area contributed by atoms with Crippen molar-refractivity contribution in [2.24, 2.45) is 0 Å². The molecular weight excluding hydrogens is 366 g/mol. The number of anilines is 2. The summed E-state index contributed by atoms with van der Waals surface area (Å²) in [5.74, 6) is 0. The average Bonchev–Trinajstić information content (AvgIpc) is 2.78. The van der Waals surface area contributed by atoms with Gasteiger partial charge >= 0.3 is 0 Å². The summed E-state index contributed by atoms with van der Waals surface area (Å²) in [6, 6.07) is 13.9. The molecule has 0 radical (unpaired) electrons. The number of benzene rings is 2. The molecule has 21 heavy (non-hydrogen) atoms. The van der Waals surface area contributed by atoms with E-state index in [4.69, 9.17) is 12.2 Å². The lowest BCUT2D eigenvalue weighted by molar-refractivity contribution is 1.35. The van der Waals surface area contributed by atoms with Crippen LogP contribution in [0.4, 0.5) is 11.4 Å². The molecule has 0 unspecified atom stereocenters. The Labute approximate surface area is 140 Å². The van der Waals surface area contributed by atoms with E-state index in [0.29, 0.717) is 5.11 Å². The number of fused-ring (bicyclic) bond motifs is 1. The van der Waals surface area contributed by atoms with Crippen molar-refractivity contribution in [2.75, 3.05) is 10.6 Å². The van der Waals surface area contributed by atoms with E-state index < -0.39 is 0 Å². The Hall–Kier alpha value is -1.50. The molecule has 3 rings (SSSR count). The van der Waals surface area contributed by atoms with Crippen molar-refractivity contribution < 1.29 is 0 Å². The van der Waals surface area contributed by atoms with Crippen LogP contribution in [0.25, 0.3) is 10.2 Å². The van der Waals surface area contributed by atoms with Crippen LogP contribution in [0.5, 0.6) is 0 Å². The summed E-state index contributed by atoms with van der Waals surface area (Å²) in [5.41, 5.74) is 2.92. The molecule has 1 heterocycles. The predicted octanol–water partition coefficient (Wildman–Crippen LogP) is 5.18. The third-order valence-corrected chi connectivity index (χ3v) is 4.47. The third-order valence-electron chi connectivity index (χ3n) is 2.84. The number of nitrogens with zero attached hydrogens (tertiary/aromatic N) is 1. The fourth-order valence-corrected chi connectivity index (χ4v) is 3.48. The highest BCUT2D eigenvalue weighted by atomic mass is 79.9. The molecule has 0 fully saturated rings. The Bertz CT molecular complexity index is 814. The summed E-state index contributed by atoms with van der Waals surface area (Å²) in [5, 5.41) is 7.99. The standard InChI is InChI=1S/C15H12BrN3S2/c1-9-17-13-6-5-12(8-14(13)21-9)19-15(20)18-11-4-2-3-10(16)7-11/h2-8H,1H3,(H2,18,19,20). The van der Waals surface area contributed by atoms with Crippen LogP contribution in [-0.4, -0.2) is 10.1 Å². The normalized spacial score (nSPS) is 10.6. The maximum atomic E-state index is 5.34. The van der Waals surface area contributed by atoms with E-state index in [9.17, 15) is 0 Å². The molecule has 0 spiro atoms. The highest BCUT2D eigenvalue weighted by molar-refractivity contribution is 9.10. The third kappa shape index (κ3) is 3.58. The maximum Gasteiger partial charge on any atom is 0.175 e. The topological polar surface area (TPSA) is 37.0 Å². The first kappa shape index (κ1) is 14.4. The minimum atomic E-state index is 0.564. The molecule has 2 aromatic carbocycles. The van der Waals surface area contributed by atoms with Gasteiger partial charge in [0.1, 0.15) is 0 Å². The number of aryl methyl sites for hydroxylation is 1. The Balaban J connectivity index is 1.73. The monoisotopic (exact) mass is 377 g/mol. The molecule has 0 saturated heterocycles. The Morgan fingerprint density at radius 2 is 1.90 bits per heavy atom. The molecule has 0 aliphatic rings. The number of aromatic nitrogens is 1. The Kier molecular flexibility index (Phi) is 4.19. The number of halogens is 1. The van der Waals surface area contributed by atoms with Gasteiger partial charge in [-0.3, -0.25) is 0 Å². The second kappa shape index (κ2) is 6.09. The maximum absolute atomic E-state index is 5.34. The van der Waals surface area contributed by atoms with E-state index in [1.807, 2.05) is 43.3 Å². The van der Waals surface area contributed by atoms with Gasteiger partial charge < -0.3 is 10.6 Å². The summed E-state index contributed by atoms with van der Waals surface area (Å²) < 4.78 is 2.17. The number of nitrogens with one attached hydrogen (secondary N) is 2. The van der Waals surface area contributed by atoms with E-state index in [-0.39, 0.29) is 0 Å². The molecule has 0 aliphatic carbocycles. The summed E-state index contributed by atoms with van der Waals surface area (Å²) in [7, 11) is 0. The van der Waals surface area contributed by atoms with Gasteiger partial charge in [-0.2, -0.15) is 0 Å². The summed E-state index contributed by atoms with van der Waals surface area (Å²) in [4.78, 5) is 4.45. The first-order valence-electron chi connectivity index (χ1n) is 6.31. The minimum absolute atomic E-state index is 0.564. The quantitative estimate of drug-likeness (QED) is 0.603. The zero-order valence-corrected chi connectivity index (χ0v) is 14.4. The molecular formula is C15H12BrN3S2. The van der Waals surface area contributed by atoms with Gasteiger partial charge in [0.25, 0.3) is 0 Å². The van der Waals surface area contributed by atoms with Crippen molar-refractivity contribution in [3.8, 4) is 0 Å². The van der Waals surface area contributed by atoms with Crippen LogP contribution < -0.4 is 10.6 Å². The second-order valence-corrected chi connectivity index (χ2v) is 7.06. The van der Waals surface area contributed by atoms with E-state index in [0.717, 1.165) is 31.1 Å². The van der Waals surface area contributed by atoms with E-state index in [1.54, 1.807) is 11.3 Å². The first-order chi connectivity index (χ1) is 10.1. The molecule has 106 valence electrons. The smallest absolute Gasteiger partial charge is 0.175 e. The summed E-state index contributed by atoms with van der Waals surface area (Å²) >= 11 is 10.5. The van der Waals surface area contributed by atoms with Crippen molar-refractivity contribution in [2.45, 2.75) is 6.92 Å². The van der Waals surface area contributed by atoms with Gasteiger partial charge in [0.05, 0.1) is 15.2 Å². The van der Waals surface area contributed by atoms with E-state index in [1.165, 1.54) is 0 Å². The highest BCUT2D eigenvalue weighted by Gasteiger charge is 2.03. The largest absolute Gasteiger partial charge is 0.332 e.